The molecule has 0 bridgehead atoms. The van der Waals surface area contributed by atoms with Crippen molar-refractivity contribution in [2.24, 2.45) is 11.8 Å². The molecule has 2 atom stereocenters. The first kappa shape index (κ1) is 10.4. The number of carbonyl (C=O) groups excluding carboxylic acids is 1. The minimum atomic E-state index is -0.0330. The fraction of sp³-hybridized carbons (Fsp3) is 0.778. The third kappa shape index (κ3) is 3.72. The molecule has 0 radical (unpaired) electrons. The van der Waals surface area contributed by atoms with Gasteiger partial charge in [0, 0.05) is 12.8 Å². The first-order valence-electron chi connectivity index (χ1n) is 4.52. The molecule has 0 aromatic carbocycles. The van der Waals surface area contributed by atoms with Crippen molar-refractivity contribution < 1.29 is 9.53 Å². The van der Waals surface area contributed by atoms with Crippen molar-refractivity contribution in [3.63, 3.8) is 0 Å². The smallest absolute Gasteiger partial charge is 0.216 e. The maximum atomic E-state index is 10.5. The Morgan fingerprint density at radius 1 is 1.69 bits per heavy atom. The fourth-order valence-electron chi connectivity index (χ4n) is 1.14. The molecule has 0 aromatic rings. The quantitative estimate of drug-likeness (QED) is 0.547. The predicted octanol–water partition coefficient (Wildman–Crippen LogP) is 1.12. The molecule has 0 aromatic heterocycles. The fourth-order valence-corrected chi connectivity index (χ4v) is 1.55. The monoisotopic (exact) mass is 201 g/mol. The Balaban J connectivity index is 1.99. The molecule has 0 heterocycles. The summed E-state index contributed by atoms with van der Waals surface area (Å²) in [4.78, 5) is 10.5. The zero-order valence-corrected chi connectivity index (χ0v) is 8.82. The van der Waals surface area contributed by atoms with E-state index in [1.165, 1.54) is 6.92 Å². The van der Waals surface area contributed by atoms with Crippen molar-refractivity contribution in [3.8, 4) is 0 Å². The number of amides is 1. The Bertz CT molecular complexity index is 218. The molecule has 0 saturated heterocycles. The first-order chi connectivity index (χ1) is 6.11. The lowest BCUT2D eigenvalue weighted by Gasteiger charge is -2.06. The summed E-state index contributed by atoms with van der Waals surface area (Å²) in [6.07, 6.45) is 1.15. The van der Waals surface area contributed by atoms with Gasteiger partial charge in [-0.1, -0.05) is 6.92 Å². The van der Waals surface area contributed by atoms with Crippen LogP contribution in [0.15, 0.2) is 0 Å². The average molecular weight is 201 g/mol. The van der Waals surface area contributed by atoms with Crippen LogP contribution in [0.5, 0.6) is 0 Å². The lowest BCUT2D eigenvalue weighted by molar-refractivity contribution is -0.119. The number of thiocarbonyl (C=S) groups is 1. The molecule has 0 spiro atoms. The number of hydrogen-bond donors (Lipinski definition) is 1. The summed E-state index contributed by atoms with van der Waals surface area (Å²) in [6, 6.07) is 0. The van der Waals surface area contributed by atoms with E-state index in [0.29, 0.717) is 30.0 Å². The van der Waals surface area contributed by atoms with Crippen molar-refractivity contribution in [1.29, 1.82) is 0 Å². The van der Waals surface area contributed by atoms with Gasteiger partial charge < -0.3 is 10.1 Å². The van der Waals surface area contributed by atoms with E-state index in [1.807, 2.05) is 0 Å². The molecule has 1 N–H and O–H groups in total. The largest absolute Gasteiger partial charge is 0.485 e. The van der Waals surface area contributed by atoms with Gasteiger partial charge in [-0.25, -0.2) is 0 Å². The van der Waals surface area contributed by atoms with Gasteiger partial charge in [-0.05, 0) is 24.6 Å². The topological polar surface area (TPSA) is 38.3 Å². The van der Waals surface area contributed by atoms with Crippen molar-refractivity contribution in [3.05, 3.63) is 0 Å². The number of carbonyl (C=O) groups is 1. The van der Waals surface area contributed by atoms with Crippen LogP contribution in [0, 0.1) is 11.8 Å². The molecule has 1 rings (SSSR count). The van der Waals surface area contributed by atoms with Crippen LogP contribution >= 0.6 is 12.2 Å². The molecule has 13 heavy (non-hydrogen) atoms. The van der Waals surface area contributed by atoms with Gasteiger partial charge in [-0.15, -0.1) is 0 Å². The van der Waals surface area contributed by atoms with E-state index >= 15 is 0 Å². The summed E-state index contributed by atoms with van der Waals surface area (Å²) < 4.78 is 5.30. The Morgan fingerprint density at radius 3 is 2.77 bits per heavy atom. The summed E-state index contributed by atoms with van der Waals surface area (Å²) in [5.74, 6) is 1.13. The molecule has 0 unspecified atom stereocenters. The Labute approximate surface area is 83.8 Å². The first-order valence-corrected chi connectivity index (χ1v) is 4.93. The van der Waals surface area contributed by atoms with Gasteiger partial charge in [0.05, 0.1) is 6.54 Å². The molecule has 1 aliphatic carbocycles. The molecule has 1 fully saturated rings. The number of hydrogen-bond acceptors (Lipinski definition) is 3. The molecular weight excluding hydrogens is 186 g/mol. The van der Waals surface area contributed by atoms with Gasteiger partial charge in [0.15, 0.2) is 5.05 Å². The molecule has 3 nitrogen and oxygen atoms in total. The summed E-state index contributed by atoms with van der Waals surface area (Å²) in [6.45, 7) is 4.67. The number of rotatable bonds is 4. The van der Waals surface area contributed by atoms with E-state index in [1.54, 1.807) is 0 Å². The standard InChI is InChI=1S/C9H15NO2S/c1-6-5-8(6)9(13)12-4-3-10-7(2)11/h6,8H,3-5H2,1-2H3,(H,10,11)/t6-,8+/m1/s1. The SMILES string of the molecule is CC(=O)NCCOC(=S)[C@H]1C[C@H]1C. The van der Waals surface area contributed by atoms with Crippen LogP contribution in [0.25, 0.3) is 0 Å². The van der Waals surface area contributed by atoms with Crippen molar-refractivity contribution in [2.45, 2.75) is 20.3 Å². The molecule has 1 aliphatic rings. The molecular formula is C9H15NO2S. The van der Waals surface area contributed by atoms with Gasteiger partial charge in [0.25, 0.3) is 0 Å². The van der Waals surface area contributed by atoms with Crippen LogP contribution in [-0.4, -0.2) is 24.1 Å². The van der Waals surface area contributed by atoms with Gasteiger partial charge in [-0.3, -0.25) is 4.79 Å². The van der Waals surface area contributed by atoms with Crippen molar-refractivity contribution in [2.75, 3.05) is 13.2 Å². The third-order valence-electron chi connectivity index (χ3n) is 2.13. The van der Waals surface area contributed by atoms with Crippen molar-refractivity contribution in [1.82, 2.24) is 5.32 Å². The van der Waals surface area contributed by atoms with Gasteiger partial charge in [0.2, 0.25) is 5.91 Å². The minimum absolute atomic E-state index is 0.0330. The van der Waals surface area contributed by atoms with Crippen molar-refractivity contribution >= 4 is 23.2 Å². The second-order valence-corrected chi connectivity index (χ2v) is 3.87. The lowest BCUT2D eigenvalue weighted by atomic mass is 10.4. The highest BCUT2D eigenvalue weighted by Crippen LogP contribution is 2.39. The van der Waals surface area contributed by atoms with Crippen LogP contribution < -0.4 is 5.32 Å². The van der Waals surface area contributed by atoms with E-state index in [-0.39, 0.29) is 5.91 Å². The molecule has 74 valence electrons. The van der Waals surface area contributed by atoms with Gasteiger partial charge in [0.1, 0.15) is 6.61 Å². The van der Waals surface area contributed by atoms with Crippen LogP contribution in [-0.2, 0) is 9.53 Å². The normalized spacial score (nSPS) is 25.1. The lowest BCUT2D eigenvalue weighted by Crippen LogP contribution is -2.25. The second kappa shape index (κ2) is 4.56. The summed E-state index contributed by atoms with van der Waals surface area (Å²) in [5.41, 5.74) is 0. The molecule has 4 heteroatoms. The third-order valence-corrected chi connectivity index (χ3v) is 2.55. The van der Waals surface area contributed by atoms with E-state index in [0.717, 1.165) is 6.42 Å². The highest BCUT2D eigenvalue weighted by atomic mass is 32.1. The Morgan fingerprint density at radius 2 is 2.31 bits per heavy atom. The molecule has 0 aliphatic heterocycles. The number of nitrogens with one attached hydrogen (secondary N) is 1. The maximum absolute atomic E-state index is 10.5. The van der Waals surface area contributed by atoms with E-state index < -0.39 is 0 Å². The summed E-state index contributed by atoms with van der Waals surface area (Å²) in [5, 5.41) is 3.35. The molecule has 1 saturated carbocycles. The zero-order valence-electron chi connectivity index (χ0n) is 8.00. The van der Waals surface area contributed by atoms with E-state index in [2.05, 4.69) is 12.2 Å². The number of ether oxygens (including phenoxy) is 1. The summed E-state index contributed by atoms with van der Waals surface area (Å²) >= 11 is 5.06. The minimum Gasteiger partial charge on any atom is -0.485 e. The molecule has 1 amide bonds. The van der Waals surface area contributed by atoms with Crippen LogP contribution in [0.3, 0.4) is 0 Å². The van der Waals surface area contributed by atoms with Gasteiger partial charge >= 0.3 is 0 Å². The average Bonchev–Trinajstić information content (AvgIpc) is 2.75. The van der Waals surface area contributed by atoms with Crippen LogP contribution in [0.2, 0.25) is 0 Å². The predicted molar refractivity (Wildman–Crippen MR) is 54.5 cm³/mol. The van der Waals surface area contributed by atoms with E-state index in [9.17, 15) is 4.79 Å². The highest BCUT2D eigenvalue weighted by Gasteiger charge is 2.37. The second-order valence-electron chi connectivity index (χ2n) is 3.47. The van der Waals surface area contributed by atoms with E-state index in [4.69, 9.17) is 17.0 Å². The maximum Gasteiger partial charge on any atom is 0.216 e. The zero-order chi connectivity index (χ0) is 9.84. The van der Waals surface area contributed by atoms with Gasteiger partial charge in [-0.2, -0.15) is 0 Å². The Hall–Kier alpha value is -0.640. The highest BCUT2D eigenvalue weighted by molar-refractivity contribution is 7.80. The van der Waals surface area contributed by atoms with Crippen LogP contribution in [0.4, 0.5) is 0 Å². The summed E-state index contributed by atoms with van der Waals surface area (Å²) in [7, 11) is 0. The van der Waals surface area contributed by atoms with Crippen LogP contribution in [0.1, 0.15) is 20.3 Å². The Kier molecular flexibility index (Phi) is 3.66.